The van der Waals surface area contributed by atoms with Crippen LogP contribution in [0, 0.1) is 35.5 Å². The monoisotopic (exact) mass is 308 g/mol. The Kier molecular flexibility index (Phi) is 2.52. The molecule has 0 radical (unpaired) electrons. The summed E-state index contributed by atoms with van der Waals surface area (Å²) >= 11 is 1.81. The minimum Gasteiger partial charge on any atom is -0.382 e. The van der Waals surface area contributed by atoms with Crippen molar-refractivity contribution in [2.75, 3.05) is 5.75 Å². The van der Waals surface area contributed by atoms with Crippen LogP contribution in [0.3, 0.4) is 0 Å². The van der Waals surface area contributed by atoms with Crippen LogP contribution in [0.1, 0.15) is 32.1 Å². The molecule has 0 aromatic heterocycles. The highest BCUT2D eigenvalue weighted by Crippen LogP contribution is 2.63. The smallest absolute Gasteiger partial charge is 0.0995 e. The van der Waals surface area contributed by atoms with E-state index < -0.39 is 0 Å². The fourth-order valence-corrected chi connectivity index (χ4v) is 7.98. The zero-order chi connectivity index (χ0) is 13.7. The molecule has 3 saturated heterocycles. The van der Waals surface area contributed by atoms with Gasteiger partial charge in [-0.05, 0) is 73.4 Å². The Bertz CT molecular complexity index is 452. The van der Waals surface area contributed by atoms with Gasteiger partial charge in [0.1, 0.15) is 0 Å². The van der Waals surface area contributed by atoms with E-state index in [9.17, 15) is 5.11 Å². The maximum atomic E-state index is 10.2. The van der Waals surface area contributed by atoms with Crippen LogP contribution in [0.25, 0.3) is 0 Å². The van der Waals surface area contributed by atoms with Crippen LogP contribution in [-0.4, -0.2) is 40.7 Å². The fraction of sp³-hybridized carbons (Fsp3) is 1.00. The van der Waals surface area contributed by atoms with Crippen molar-refractivity contribution < 1.29 is 14.6 Å². The molecule has 3 saturated carbocycles. The molecule has 0 amide bonds. The van der Waals surface area contributed by atoms with Crippen LogP contribution in [-0.2, 0) is 9.47 Å². The summed E-state index contributed by atoms with van der Waals surface area (Å²) in [6.45, 7) is 0. The maximum Gasteiger partial charge on any atom is 0.0995 e. The Balaban J connectivity index is 1.37. The van der Waals surface area contributed by atoms with Crippen LogP contribution in [0.15, 0.2) is 0 Å². The summed E-state index contributed by atoms with van der Waals surface area (Å²) in [5, 5.41) is 10.2. The summed E-state index contributed by atoms with van der Waals surface area (Å²) in [4.78, 5) is 0. The van der Waals surface area contributed by atoms with Gasteiger partial charge in [0.05, 0.1) is 29.9 Å². The molecule has 1 N–H and O–H groups in total. The minimum absolute atomic E-state index is 0.116. The number of hydrogen-bond donors (Lipinski definition) is 1. The summed E-state index contributed by atoms with van der Waals surface area (Å²) in [5.74, 6) is 6.23. The SMILES string of the molecule is OC1CC2C(CS1)C1CC3OC3CC1C1CC3OC3CC21. The Morgan fingerprint density at radius 2 is 1.05 bits per heavy atom. The topological polar surface area (TPSA) is 45.3 Å². The van der Waals surface area contributed by atoms with E-state index >= 15 is 0 Å². The maximum absolute atomic E-state index is 10.2. The molecular formula is C17H24O3S. The van der Waals surface area contributed by atoms with Crippen LogP contribution in [0.2, 0.25) is 0 Å². The first-order chi connectivity index (χ1) is 10.3. The molecule has 3 nitrogen and oxygen atoms in total. The number of aliphatic hydroxyl groups is 1. The third-order valence-electron chi connectivity index (χ3n) is 7.65. The molecule has 11 unspecified atom stereocenters. The third kappa shape index (κ3) is 1.79. The number of aliphatic hydroxyl groups excluding tert-OH is 1. The zero-order valence-corrected chi connectivity index (χ0v) is 13.1. The second-order valence-electron chi connectivity index (χ2n) is 8.38. The highest BCUT2D eigenvalue weighted by molar-refractivity contribution is 7.99. The van der Waals surface area contributed by atoms with E-state index in [2.05, 4.69) is 0 Å². The normalized spacial score (nSPS) is 67.0. The molecule has 116 valence electrons. The number of ether oxygens (including phenoxy) is 2. The van der Waals surface area contributed by atoms with Gasteiger partial charge in [0.25, 0.3) is 0 Å². The fourth-order valence-electron chi connectivity index (χ4n) is 6.68. The average Bonchev–Trinajstić information content (AvgIpc) is 3.38. The van der Waals surface area contributed by atoms with Crippen molar-refractivity contribution in [3.05, 3.63) is 0 Å². The Morgan fingerprint density at radius 1 is 0.619 bits per heavy atom. The van der Waals surface area contributed by atoms with Crippen molar-refractivity contribution in [3.63, 3.8) is 0 Å². The van der Waals surface area contributed by atoms with Gasteiger partial charge in [0, 0.05) is 0 Å². The third-order valence-corrected chi connectivity index (χ3v) is 8.80. The molecule has 6 aliphatic rings. The van der Waals surface area contributed by atoms with E-state index in [0.29, 0.717) is 24.4 Å². The number of rotatable bonds is 0. The van der Waals surface area contributed by atoms with E-state index in [-0.39, 0.29) is 5.44 Å². The molecule has 0 aromatic carbocycles. The Morgan fingerprint density at radius 3 is 1.57 bits per heavy atom. The van der Waals surface area contributed by atoms with E-state index in [1.807, 2.05) is 11.8 Å². The van der Waals surface area contributed by atoms with Crippen molar-refractivity contribution in [2.45, 2.75) is 62.0 Å². The van der Waals surface area contributed by atoms with Gasteiger partial charge in [-0.15, -0.1) is 11.8 Å². The lowest BCUT2D eigenvalue weighted by Gasteiger charge is -2.56. The lowest BCUT2D eigenvalue weighted by molar-refractivity contribution is -0.0556. The Labute approximate surface area is 130 Å². The first-order valence-corrected chi connectivity index (χ1v) is 9.93. The molecule has 6 rings (SSSR count). The van der Waals surface area contributed by atoms with Crippen LogP contribution in [0.5, 0.6) is 0 Å². The number of thioether (sulfide) groups is 1. The highest BCUT2D eigenvalue weighted by atomic mass is 32.2. The molecular weight excluding hydrogens is 284 g/mol. The van der Waals surface area contributed by atoms with Crippen molar-refractivity contribution >= 4 is 11.8 Å². The molecule has 0 spiro atoms. The van der Waals surface area contributed by atoms with Crippen molar-refractivity contribution in [1.82, 2.24) is 0 Å². The van der Waals surface area contributed by atoms with Gasteiger partial charge < -0.3 is 14.6 Å². The summed E-state index contributed by atoms with van der Waals surface area (Å²) < 4.78 is 11.8. The predicted molar refractivity (Wildman–Crippen MR) is 79.8 cm³/mol. The van der Waals surface area contributed by atoms with E-state index in [4.69, 9.17) is 9.47 Å². The molecule has 4 heteroatoms. The van der Waals surface area contributed by atoms with Gasteiger partial charge in [0.2, 0.25) is 0 Å². The van der Waals surface area contributed by atoms with Crippen LogP contribution >= 0.6 is 11.8 Å². The van der Waals surface area contributed by atoms with Crippen LogP contribution in [0.4, 0.5) is 0 Å². The van der Waals surface area contributed by atoms with Crippen molar-refractivity contribution in [2.24, 2.45) is 35.5 Å². The van der Waals surface area contributed by atoms with Gasteiger partial charge >= 0.3 is 0 Å². The minimum atomic E-state index is -0.116. The average molecular weight is 308 g/mol. The van der Waals surface area contributed by atoms with E-state index in [1.165, 1.54) is 31.4 Å². The lowest BCUT2D eigenvalue weighted by atomic mass is 9.50. The molecule has 0 aromatic rings. The molecule has 3 heterocycles. The van der Waals surface area contributed by atoms with Gasteiger partial charge in [-0.2, -0.15) is 0 Å². The van der Waals surface area contributed by atoms with E-state index in [1.54, 1.807) is 0 Å². The number of hydrogen-bond acceptors (Lipinski definition) is 4. The van der Waals surface area contributed by atoms with Crippen molar-refractivity contribution in [3.8, 4) is 0 Å². The molecule has 3 aliphatic carbocycles. The second-order valence-corrected chi connectivity index (χ2v) is 9.59. The molecule has 0 bridgehead atoms. The second kappa shape index (κ2) is 4.19. The summed E-state index contributed by atoms with van der Waals surface area (Å²) in [6.07, 6.45) is 8.61. The van der Waals surface area contributed by atoms with Gasteiger partial charge in [-0.25, -0.2) is 0 Å². The summed E-state index contributed by atoms with van der Waals surface area (Å²) in [7, 11) is 0. The zero-order valence-electron chi connectivity index (χ0n) is 12.3. The van der Waals surface area contributed by atoms with E-state index in [0.717, 1.165) is 41.9 Å². The van der Waals surface area contributed by atoms with Gasteiger partial charge in [-0.1, -0.05) is 0 Å². The summed E-state index contributed by atoms with van der Waals surface area (Å²) in [6, 6.07) is 0. The number of epoxide rings is 2. The predicted octanol–water partition coefficient (Wildman–Crippen LogP) is 2.27. The van der Waals surface area contributed by atoms with Gasteiger partial charge in [0.15, 0.2) is 0 Å². The first-order valence-electron chi connectivity index (χ1n) is 8.88. The highest BCUT2D eigenvalue weighted by Gasteiger charge is 2.62. The summed E-state index contributed by atoms with van der Waals surface area (Å²) in [5.41, 5.74) is -0.116. The van der Waals surface area contributed by atoms with Crippen LogP contribution < -0.4 is 0 Å². The molecule has 3 aliphatic heterocycles. The number of fused-ring (bicyclic) bond motifs is 8. The van der Waals surface area contributed by atoms with Crippen molar-refractivity contribution in [1.29, 1.82) is 0 Å². The molecule has 11 atom stereocenters. The quantitative estimate of drug-likeness (QED) is 0.697. The van der Waals surface area contributed by atoms with Gasteiger partial charge in [-0.3, -0.25) is 0 Å². The molecule has 21 heavy (non-hydrogen) atoms. The lowest BCUT2D eigenvalue weighted by Crippen LogP contribution is -2.53. The largest absolute Gasteiger partial charge is 0.382 e. The molecule has 6 fully saturated rings. The first kappa shape index (κ1) is 12.6. The Hall–Kier alpha value is 0.230. The standard InChI is InChI=1S/C17H24O3S/c18-17-5-11-9-3-15-13(19-15)1-7(9)8-2-14-16(20-14)4-10(8)12(11)6-21-17/h7-18H,1-6H2.